The van der Waals surface area contributed by atoms with Crippen LogP contribution in [0.1, 0.15) is 11.3 Å². The van der Waals surface area contributed by atoms with Crippen molar-refractivity contribution in [3.63, 3.8) is 0 Å². The third kappa shape index (κ3) is 3.93. The number of imidazole rings is 1. The van der Waals surface area contributed by atoms with Gasteiger partial charge in [0.2, 0.25) is 0 Å². The molecule has 0 unspecified atom stereocenters. The summed E-state index contributed by atoms with van der Waals surface area (Å²) in [5.74, 6) is 0.488. The quantitative estimate of drug-likeness (QED) is 0.755. The Morgan fingerprint density at radius 1 is 1.08 bits per heavy atom. The maximum absolute atomic E-state index is 12.3. The molecule has 130 valence electrons. The van der Waals surface area contributed by atoms with Gasteiger partial charge in [-0.25, -0.2) is 4.98 Å². The number of hydrogen-bond donors (Lipinski definition) is 1. The second kappa shape index (κ2) is 6.51. The van der Waals surface area contributed by atoms with Crippen LogP contribution in [0.25, 0.3) is 11.4 Å². The van der Waals surface area contributed by atoms with Crippen molar-refractivity contribution in [2.45, 2.75) is 19.8 Å². The Balaban J connectivity index is 1.90. The molecular formula is C18H15F3N2O2. The zero-order valence-corrected chi connectivity index (χ0v) is 13.3. The predicted octanol–water partition coefficient (Wildman–Crippen LogP) is 4.51. The van der Waals surface area contributed by atoms with Crippen LogP contribution in [0.4, 0.5) is 13.2 Å². The summed E-state index contributed by atoms with van der Waals surface area (Å²) in [4.78, 5) is 4.33. The van der Waals surface area contributed by atoms with E-state index in [0.717, 1.165) is 11.3 Å². The summed E-state index contributed by atoms with van der Waals surface area (Å²) in [5, 5.41) is 9.95. The maximum Gasteiger partial charge on any atom is 0.573 e. The number of benzene rings is 2. The van der Waals surface area contributed by atoms with Crippen LogP contribution in [-0.4, -0.2) is 21.0 Å². The molecule has 0 saturated carbocycles. The molecule has 0 aliphatic carbocycles. The third-order valence-corrected chi connectivity index (χ3v) is 3.72. The van der Waals surface area contributed by atoms with Gasteiger partial charge in [0.1, 0.15) is 17.3 Å². The highest BCUT2D eigenvalue weighted by Gasteiger charge is 2.31. The molecule has 0 radical (unpaired) electrons. The predicted molar refractivity (Wildman–Crippen MR) is 86.3 cm³/mol. The molecule has 1 aromatic heterocycles. The molecule has 0 aliphatic rings. The van der Waals surface area contributed by atoms with Crippen molar-refractivity contribution >= 4 is 0 Å². The molecule has 1 heterocycles. The number of ether oxygens (including phenoxy) is 1. The van der Waals surface area contributed by atoms with Crippen LogP contribution >= 0.6 is 0 Å². The monoisotopic (exact) mass is 348 g/mol. The van der Waals surface area contributed by atoms with E-state index in [-0.39, 0.29) is 11.5 Å². The fourth-order valence-corrected chi connectivity index (χ4v) is 2.51. The fourth-order valence-electron chi connectivity index (χ4n) is 2.51. The molecule has 1 N–H and O–H groups in total. The first kappa shape index (κ1) is 16.9. The van der Waals surface area contributed by atoms with Gasteiger partial charge in [0.05, 0.1) is 6.54 Å². The minimum absolute atomic E-state index is 0.176. The lowest BCUT2D eigenvalue weighted by molar-refractivity contribution is -0.274. The van der Waals surface area contributed by atoms with E-state index in [1.807, 2.05) is 17.6 Å². The van der Waals surface area contributed by atoms with Crippen molar-refractivity contribution < 1.29 is 23.0 Å². The van der Waals surface area contributed by atoms with Gasteiger partial charge in [0.15, 0.2) is 0 Å². The van der Waals surface area contributed by atoms with E-state index in [1.54, 1.807) is 24.4 Å². The molecule has 0 aliphatic heterocycles. The minimum Gasteiger partial charge on any atom is -0.508 e. The van der Waals surface area contributed by atoms with Gasteiger partial charge in [0.25, 0.3) is 0 Å². The molecule has 3 rings (SSSR count). The number of rotatable bonds is 4. The van der Waals surface area contributed by atoms with Crippen LogP contribution in [0.5, 0.6) is 11.5 Å². The molecule has 4 nitrogen and oxygen atoms in total. The first-order valence-electron chi connectivity index (χ1n) is 7.48. The Bertz CT molecular complexity index is 871. The summed E-state index contributed by atoms with van der Waals surface area (Å²) >= 11 is 0. The normalized spacial score (nSPS) is 11.5. The first-order chi connectivity index (χ1) is 11.8. The van der Waals surface area contributed by atoms with Gasteiger partial charge in [-0.1, -0.05) is 18.2 Å². The Labute approximate surface area is 142 Å². The number of aryl methyl sites for hydroxylation is 1. The number of phenolic OH excluding ortho intramolecular Hbond substituents is 1. The van der Waals surface area contributed by atoms with Gasteiger partial charge in [-0.3, -0.25) is 0 Å². The van der Waals surface area contributed by atoms with E-state index in [4.69, 9.17) is 0 Å². The highest BCUT2D eigenvalue weighted by molar-refractivity contribution is 5.58. The molecule has 0 spiro atoms. The minimum atomic E-state index is -4.72. The first-order valence-corrected chi connectivity index (χ1v) is 7.48. The van der Waals surface area contributed by atoms with Crippen LogP contribution in [0.2, 0.25) is 0 Å². The lowest BCUT2D eigenvalue weighted by atomic mass is 10.1. The van der Waals surface area contributed by atoms with E-state index >= 15 is 0 Å². The molecular weight excluding hydrogens is 333 g/mol. The van der Waals surface area contributed by atoms with Crippen molar-refractivity contribution in [3.05, 3.63) is 66.0 Å². The van der Waals surface area contributed by atoms with Crippen LogP contribution in [-0.2, 0) is 6.54 Å². The van der Waals surface area contributed by atoms with Crippen molar-refractivity contribution in [1.29, 1.82) is 0 Å². The van der Waals surface area contributed by atoms with Crippen molar-refractivity contribution in [2.75, 3.05) is 0 Å². The SMILES string of the molecule is Cc1cnc(-c2ccc(OC(F)(F)F)cc2)n1Cc1ccccc1O. The molecule has 0 bridgehead atoms. The van der Waals surface area contributed by atoms with E-state index in [9.17, 15) is 18.3 Å². The van der Waals surface area contributed by atoms with Gasteiger partial charge < -0.3 is 14.4 Å². The van der Waals surface area contributed by atoms with Gasteiger partial charge in [-0.15, -0.1) is 13.2 Å². The number of aromatic hydroxyl groups is 1. The number of phenols is 1. The Kier molecular flexibility index (Phi) is 4.39. The largest absolute Gasteiger partial charge is 0.573 e. The van der Waals surface area contributed by atoms with Gasteiger partial charge >= 0.3 is 6.36 Å². The van der Waals surface area contributed by atoms with E-state index in [2.05, 4.69) is 9.72 Å². The Morgan fingerprint density at radius 2 is 1.76 bits per heavy atom. The number of alkyl halides is 3. The number of aromatic nitrogens is 2. The van der Waals surface area contributed by atoms with Gasteiger partial charge in [-0.2, -0.15) is 0 Å². The third-order valence-electron chi connectivity index (χ3n) is 3.72. The lowest BCUT2D eigenvalue weighted by Crippen LogP contribution is -2.17. The van der Waals surface area contributed by atoms with E-state index < -0.39 is 6.36 Å². The highest BCUT2D eigenvalue weighted by atomic mass is 19.4. The summed E-state index contributed by atoms with van der Waals surface area (Å²) in [6, 6.07) is 12.5. The van der Waals surface area contributed by atoms with E-state index in [0.29, 0.717) is 17.9 Å². The van der Waals surface area contributed by atoms with Crippen LogP contribution in [0, 0.1) is 6.92 Å². The lowest BCUT2D eigenvalue weighted by Gasteiger charge is -2.12. The van der Waals surface area contributed by atoms with Crippen molar-refractivity contribution in [1.82, 2.24) is 9.55 Å². The number of para-hydroxylation sites is 1. The Morgan fingerprint density at radius 3 is 2.40 bits per heavy atom. The zero-order chi connectivity index (χ0) is 18.0. The van der Waals surface area contributed by atoms with Crippen molar-refractivity contribution in [3.8, 4) is 22.9 Å². The summed E-state index contributed by atoms with van der Waals surface area (Å²) < 4.78 is 42.5. The smallest absolute Gasteiger partial charge is 0.508 e. The molecule has 0 amide bonds. The number of halogens is 3. The highest BCUT2D eigenvalue weighted by Crippen LogP contribution is 2.27. The second-order valence-corrected chi connectivity index (χ2v) is 5.51. The molecule has 0 atom stereocenters. The molecule has 0 fully saturated rings. The number of nitrogens with zero attached hydrogens (tertiary/aromatic N) is 2. The van der Waals surface area contributed by atoms with Crippen LogP contribution < -0.4 is 4.74 Å². The molecule has 0 saturated heterocycles. The molecule has 7 heteroatoms. The fraction of sp³-hybridized carbons (Fsp3) is 0.167. The topological polar surface area (TPSA) is 47.3 Å². The standard InChI is InChI=1S/C18H15F3N2O2/c1-12-10-22-17(23(12)11-14-4-2-3-5-16(14)24)13-6-8-15(9-7-13)25-18(19,20)21/h2-10,24H,11H2,1H3. The average molecular weight is 348 g/mol. The molecule has 2 aromatic carbocycles. The van der Waals surface area contributed by atoms with Crippen molar-refractivity contribution in [2.24, 2.45) is 0 Å². The molecule has 3 aromatic rings. The second-order valence-electron chi connectivity index (χ2n) is 5.51. The summed E-state index contributed by atoms with van der Waals surface area (Å²) in [7, 11) is 0. The maximum atomic E-state index is 12.3. The summed E-state index contributed by atoms with van der Waals surface area (Å²) in [6.45, 7) is 2.27. The number of hydrogen-bond acceptors (Lipinski definition) is 3. The zero-order valence-electron chi connectivity index (χ0n) is 13.3. The van der Waals surface area contributed by atoms with E-state index in [1.165, 1.54) is 24.3 Å². The van der Waals surface area contributed by atoms with Gasteiger partial charge in [0, 0.05) is 23.0 Å². The van der Waals surface area contributed by atoms with Gasteiger partial charge in [-0.05, 0) is 37.3 Å². The summed E-state index contributed by atoms with van der Waals surface area (Å²) in [6.07, 6.45) is -3.04. The average Bonchev–Trinajstić information content (AvgIpc) is 2.90. The van der Waals surface area contributed by atoms with Crippen LogP contribution in [0.15, 0.2) is 54.7 Å². The molecule has 25 heavy (non-hydrogen) atoms. The summed E-state index contributed by atoms with van der Waals surface area (Å²) in [5.41, 5.74) is 2.24. The van der Waals surface area contributed by atoms with Crippen LogP contribution in [0.3, 0.4) is 0 Å². The Hall–Kier alpha value is -2.96.